The van der Waals surface area contributed by atoms with E-state index in [-0.39, 0.29) is 5.82 Å². The molecule has 2 aliphatic rings. The third-order valence-electron chi connectivity index (χ3n) is 5.07. The molecule has 136 valence electrons. The Morgan fingerprint density at radius 1 is 1.30 bits per heavy atom. The molecule has 0 saturated carbocycles. The standard InChI is InChI=1S/C19H17N5O3/c1-12-5-6-14-13(10-12)19(15-4-2-3-7-20-15)23(8-9-27-19)11-16-21-17(18(25)26)22-24(14)16/h2-7,10H,8-9,11H2,1H3,(H,25,26). The van der Waals surface area contributed by atoms with Gasteiger partial charge in [-0.3, -0.25) is 9.88 Å². The minimum atomic E-state index is -1.14. The normalized spacial score (nSPS) is 21.2. The van der Waals surface area contributed by atoms with E-state index in [1.807, 2.05) is 37.3 Å². The summed E-state index contributed by atoms with van der Waals surface area (Å²) in [5.74, 6) is -0.777. The van der Waals surface area contributed by atoms with Crippen molar-refractivity contribution in [3.05, 3.63) is 71.1 Å². The van der Waals surface area contributed by atoms with E-state index in [0.29, 0.717) is 25.5 Å². The lowest BCUT2D eigenvalue weighted by atomic mass is 9.94. The first-order valence-electron chi connectivity index (χ1n) is 8.71. The van der Waals surface area contributed by atoms with E-state index in [9.17, 15) is 9.90 Å². The number of carboxylic acids is 1. The predicted molar refractivity (Wildman–Crippen MR) is 94.4 cm³/mol. The number of carbonyl (C=O) groups is 1. The molecule has 0 bridgehead atoms. The van der Waals surface area contributed by atoms with Crippen molar-refractivity contribution < 1.29 is 14.6 Å². The van der Waals surface area contributed by atoms with Crippen LogP contribution in [0.4, 0.5) is 0 Å². The maximum absolute atomic E-state index is 11.4. The molecule has 8 heteroatoms. The zero-order valence-corrected chi connectivity index (χ0v) is 14.7. The highest BCUT2D eigenvalue weighted by Gasteiger charge is 2.50. The van der Waals surface area contributed by atoms with Crippen LogP contribution in [-0.2, 0) is 17.0 Å². The molecule has 2 aromatic heterocycles. The van der Waals surface area contributed by atoms with Crippen LogP contribution < -0.4 is 0 Å². The fourth-order valence-corrected chi connectivity index (χ4v) is 3.93. The molecule has 1 atom stereocenters. The average Bonchev–Trinajstić information content (AvgIpc) is 3.26. The molecule has 1 unspecified atom stereocenters. The molecule has 0 amide bonds. The summed E-state index contributed by atoms with van der Waals surface area (Å²) in [6, 6.07) is 11.7. The summed E-state index contributed by atoms with van der Waals surface area (Å²) < 4.78 is 7.96. The predicted octanol–water partition coefficient (Wildman–Crippen LogP) is 1.72. The van der Waals surface area contributed by atoms with E-state index in [4.69, 9.17) is 4.74 Å². The smallest absolute Gasteiger partial charge is 0.375 e. The second-order valence-electron chi connectivity index (χ2n) is 6.72. The van der Waals surface area contributed by atoms with Gasteiger partial charge in [0.05, 0.1) is 24.5 Å². The summed E-state index contributed by atoms with van der Waals surface area (Å²) in [5, 5.41) is 13.6. The highest BCUT2D eigenvalue weighted by molar-refractivity contribution is 5.83. The van der Waals surface area contributed by atoms with Crippen LogP contribution in [0.15, 0.2) is 42.6 Å². The van der Waals surface area contributed by atoms with Crippen molar-refractivity contribution in [2.45, 2.75) is 19.2 Å². The molecule has 1 aromatic carbocycles. The van der Waals surface area contributed by atoms with Crippen molar-refractivity contribution in [3.63, 3.8) is 0 Å². The number of fused-ring (bicyclic) bond motifs is 5. The Morgan fingerprint density at radius 2 is 2.19 bits per heavy atom. The fraction of sp³-hybridized carbons (Fsp3) is 0.263. The van der Waals surface area contributed by atoms with Crippen LogP contribution in [0.5, 0.6) is 0 Å². The first-order valence-corrected chi connectivity index (χ1v) is 8.71. The third-order valence-corrected chi connectivity index (χ3v) is 5.07. The Bertz CT molecular complexity index is 1050. The van der Waals surface area contributed by atoms with Gasteiger partial charge in [-0.15, -0.1) is 5.10 Å². The molecule has 0 spiro atoms. The maximum atomic E-state index is 11.4. The number of hydrogen-bond acceptors (Lipinski definition) is 6. The largest absolute Gasteiger partial charge is 0.475 e. The van der Waals surface area contributed by atoms with Crippen LogP contribution >= 0.6 is 0 Å². The van der Waals surface area contributed by atoms with Gasteiger partial charge < -0.3 is 9.84 Å². The second kappa shape index (κ2) is 5.70. The summed E-state index contributed by atoms with van der Waals surface area (Å²) in [5.41, 5.74) is 2.65. The Balaban J connectivity index is 1.83. The molecule has 0 aliphatic carbocycles. The van der Waals surface area contributed by atoms with E-state index in [1.165, 1.54) is 0 Å². The minimum absolute atomic E-state index is 0.207. The molecule has 27 heavy (non-hydrogen) atoms. The quantitative estimate of drug-likeness (QED) is 0.741. The molecule has 4 heterocycles. The van der Waals surface area contributed by atoms with Gasteiger partial charge in [-0.05, 0) is 31.2 Å². The molecular formula is C19H17N5O3. The van der Waals surface area contributed by atoms with Gasteiger partial charge >= 0.3 is 5.97 Å². The highest BCUT2D eigenvalue weighted by atomic mass is 16.5. The molecule has 1 saturated heterocycles. The molecule has 1 N–H and O–H groups in total. The lowest BCUT2D eigenvalue weighted by molar-refractivity contribution is -0.0585. The van der Waals surface area contributed by atoms with Crippen molar-refractivity contribution in [1.82, 2.24) is 24.6 Å². The zero-order chi connectivity index (χ0) is 18.6. The monoisotopic (exact) mass is 363 g/mol. The topological polar surface area (TPSA) is 93.4 Å². The van der Waals surface area contributed by atoms with Gasteiger partial charge in [0.2, 0.25) is 0 Å². The van der Waals surface area contributed by atoms with E-state index in [2.05, 4.69) is 26.0 Å². The number of aromatic carboxylic acids is 1. The van der Waals surface area contributed by atoms with Crippen LogP contribution in [-0.4, -0.2) is 48.9 Å². The lowest BCUT2D eigenvalue weighted by Crippen LogP contribution is -2.43. The van der Waals surface area contributed by atoms with E-state index >= 15 is 0 Å². The molecule has 3 aromatic rings. The number of aryl methyl sites for hydroxylation is 1. The van der Waals surface area contributed by atoms with Gasteiger partial charge in [0, 0.05) is 18.3 Å². The van der Waals surface area contributed by atoms with E-state index < -0.39 is 11.7 Å². The molecule has 0 radical (unpaired) electrons. The number of nitrogens with zero attached hydrogens (tertiary/aromatic N) is 5. The summed E-state index contributed by atoms with van der Waals surface area (Å²) in [4.78, 5) is 22.4. The van der Waals surface area contributed by atoms with Crippen LogP contribution in [0.25, 0.3) is 5.69 Å². The van der Waals surface area contributed by atoms with Crippen LogP contribution in [0.2, 0.25) is 0 Å². The van der Waals surface area contributed by atoms with Gasteiger partial charge in [0.25, 0.3) is 5.82 Å². The van der Waals surface area contributed by atoms with Crippen molar-refractivity contribution in [3.8, 4) is 5.69 Å². The fourth-order valence-electron chi connectivity index (χ4n) is 3.93. The molecule has 1 fully saturated rings. The Kier molecular flexibility index (Phi) is 3.40. The van der Waals surface area contributed by atoms with Gasteiger partial charge in [0.15, 0.2) is 5.72 Å². The maximum Gasteiger partial charge on any atom is 0.375 e. The van der Waals surface area contributed by atoms with Crippen LogP contribution in [0.1, 0.15) is 33.3 Å². The first kappa shape index (κ1) is 16.1. The van der Waals surface area contributed by atoms with Crippen molar-refractivity contribution in [2.24, 2.45) is 0 Å². The molecule has 5 rings (SSSR count). The lowest BCUT2D eigenvalue weighted by Gasteiger charge is -2.36. The van der Waals surface area contributed by atoms with Crippen molar-refractivity contribution in [2.75, 3.05) is 13.2 Å². The van der Waals surface area contributed by atoms with Crippen LogP contribution in [0.3, 0.4) is 0 Å². The van der Waals surface area contributed by atoms with Gasteiger partial charge in [-0.2, -0.15) is 0 Å². The summed E-state index contributed by atoms with van der Waals surface area (Å²) in [6.45, 7) is 3.65. The number of carboxylic acid groups (broad SMARTS) is 1. The van der Waals surface area contributed by atoms with Crippen molar-refractivity contribution >= 4 is 5.97 Å². The van der Waals surface area contributed by atoms with Gasteiger partial charge in [-0.25, -0.2) is 14.5 Å². The molecular weight excluding hydrogens is 346 g/mol. The summed E-state index contributed by atoms with van der Waals surface area (Å²) in [7, 11) is 0. The Morgan fingerprint density at radius 3 is 2.96 bits per heavy atom. The summed E-state index contributed by atoms with van der Waals surface area (Å²) >= 11 is 0. The third kappa shape index (κ3) is 2.23. The number of aromatic nitrogens is 4. The number of rotatable bonds is 2. The summed E-state index contributed by atoms with van der Waals surface area (Å²) in [6.07, 6.45) is 1.75. The van der Waals surface area contributed by atoms with Gasteiger partial charge in [-0.1, -0.05) is 17.7 Å². The van der Waals surface area contributed by atoms with E-state index in [1.54, 1.807) is 10.9 Å². The van der Waals surface area contributed by atoms with Gasteiger partial charge in [0.1, 0.15) is 5.82 Å². The van der Waals surface area contributed by atoms with Crippen LogP contribution in [0, 0.1) is 6.92 Å². The number of hydrogen-bond donors (Lipinski definition) is 1. The number of ether oxygens (including phenoxy) is 1. The Hall–Kier alpha value is -3.10. The zero-order valence-electron chi connectivity index (χ0n) is 14.7. The Labute approximate surface area is 155 Å². The number of pyridine rings is 1. The highest BCUT2D eigenvalue weighted by Crippen LogP contribution is 2.45. The SMILES string of the molecule is Cc1ccc2c(c1)C1(c3ccccn3)OCCN1Cc1nc(C(=O)O)nn1-2. The first-order chi connectivity index (χ1) is 13.1. The van der Waals surface area contributed by atoms with Crippen molar-refractivity contribution in [1.29, 1.82) is 0 Å². The molecule has 2 aliphatic heterocycles. The second-order valence-corrected chi connectivity index (χ2v) is 6.72. The average molecular weight is 363 g/mol. The van der Waals surface area contributed by atoms with E-state index in [0.717, 1.165) is 22.5 Å². The number of benzene rings is 1. The molecule has 8 nitrogen and oxygen atoms in total. The minimum Gasteiger partial charge on any atom is -0.475 e.